The SMILES string of the molecule is CC1(C)CC2CC3(C)CC(O)CC2(C)CC13. The van der Waals surface area contributed by atoms with Crippen molar-refractivity contribution in [3.8, 4) is 0 Å². The first-order valence-electron chi connectivity index (χ1n) is 6.93. The molecule has 0 saturated heterocycles. The number of hydrogen-bond acceptors (Lipinski definition) is 1. The number of aliphatic hydroxyl groups is 1. The van der Waals surface area contributed by atoms with Crippen LogP contribution < -0.4 is 0 Å². The molecule has 5 unspecified atom stereocenters. The Morgan fingerprint density at radius 3 is 2.06 bits per heavy atom. The van der Waals surface area contributed by atoms with Gasteiger partial charge in [-0.15, -0.1) is 0 Å². The highest BCUT2D eigenvalue weighted by molar-refractivity contribution is 5.12. The van der Waals surface area contributed by atoms with E-state index in [4.69, 9.17) is 0 Å². The molecular weight excluding hydrogens is 196 g/mol. The maximum atomic E-state index is 10.2. The highest BCUT2D eigenvalue weighted by Gasteiger charge is 2.62. The molecule has 0 aromatic carbocycles. The monoisotopic (exact) mass is 222 g/mol. The molecule has 1 nitrogen and oxygen atoms in total. The van der Waals surface area contributed by atoms with E-state index in [2.05, 4.69) is 27.7 Å². The Kier molecular flexibility index (Phi) is 1.98. The second-order valence-electron chi connectivity index (χ2n) is 8.22. The summed E-state index contributed by atoms with van der Waals surface area (Å²) in [7, 11) is 0. The maximum Gasteiger partial charge on any atom is 0.0550 e. The molecule has 5 atom stereocenters. The predicted molar refractivity (Wildman–Crippen MR) is 66.1 cm³/mol. The number of aliphatic hydroxyl groups excluding tert-OH is 1. The van der Waals surface area contributed by atoms with Gasteiger partial charge in [0.1, 0.15) is 0 Å². The topological polar surface area (TPSA) is 20.2 Å². The molecule has 0 amide bonds. The zero-order chi connectivity index (χ0) is 11.8. The van der Waals surface area contributed by atoms with Crippen molar-refractivity contribution in [2.24, 2.45) is 28.1 Å². The van der Waals surface area contributed by atoms with Crippen LogP contribution in [0.2, 0.25) is 0 Å². The molecule has 1 heteroatoms. The summed E-state index contributed by atoms with van der Waals surface area (Å²) in [4.78, 5) is 0. The van der Waals surface area contributed by atoms with E-state index in [1.807, 2.05) is 0 Å². The molecular formula is C15H26O. The largest absolute Gasteiger partial charge is 0.393 e. The van der Waals surface area contributed by atoms with Gasteiger partial charge in [0.05, 0.1) is 6.10 Å². The van der Waals surface area contributed by atoms with Crippen molar-refractivity contribution in [1.82, 2.24) is 0 Å². The van der Waals surface area contributed by atoms with E-state index in [9.17, 15) is 5.11 Å². The van der Waals surface area contributed by atoms with Crippen molar-refractivity contribution < 1.29 is 5.11 Å². The molecule has 5 rings (SSSR count). The maximum absolute atomic E-state index is 10.2. The Bertz CT molecular complexity index is 321. The third-order valence-electron chi connectivity index (χ3n) is 6.33. The normalized spacial score (nSPS) is 58.7. The number of hydrogen-bond donors (Lipinski definition) is 1. The second-order valence-corrected chi connectivity index (χ2v) is 8.22. The van der Waals surface area contributed by atoms with Crippen molar-refractivity contribution in [1.29, 1.82) is 0 Å². The summed E-state index contributed by atoms with van der Waals surface area (Å²) in [5.74, 6) is 1.68. The van der Waals surface area contributed by atoms with Gasteiger partial charge in [-0.05, 0) is 60.2 Å². The van der Waals surface area contributed by atoms with E-state index in [-0.39, 0.29) is 6.10 Å². The smallest absolute Gasteiger partial charge is 0.0550 e. The molecule has 4 bridgehead atoms. The molecule has 92 valence electrons. The van der Waals surface area contributed by atoms with Crippen LogP contribution in [0.25, 0.3) is 0 Å². The van der Waals surface area contributed by atoms with Gasteiger partial charge in [0.2, 0.25) is 0 Å². The molecule has 5 aliphatic rings. The van der Waals surface area contributed by atoms with Crippen molar-refractivity contribution in [2.45, 2.75) is 65.9 Å². The van der Waals surface area contributed by atoms with E-state index >= 15 is 0 Å². The average Bonchev–Trinajstić information content (AvgIpc) is 2.21. The summed E-state index contributed by atoms with van der Waals surface area (Å²) in [6.07, 6.45) is 6.18. The summed E-state index contributed by atoms with van der Waals surface area (Å²) in [5.41, 5.74) is 1.36. The summed E-state index contributed by atoms with van der Waals surface area (Å²) >= 11 is 0. The highest BCUT2D eigenvalue weighted by Crippen LogP contribution is 2.70. The molecule has 0 aromatic heterocycles. The minimum absolute atomic E-state index is 0.0427. The second kappa shape index (κ2) is 2.85. The van der Waals surface area contributed by atoms with Gasteiger partial charge in [-0.2, -0.15) is 0 Å². The first-order valence-corrected chi connectivity index (χ1v) is 6.93. The van der Waals surface area contributed by atoms with Gasteiger partial charge < -0.3 is 5.11 Å². The fourth-order valence-corrected chi connectivity index (χ4v) is 5.77. The lowest BCUT2D eigenvalue weighted by atomic mass is 9.42. The van der Waals surface area contributed by atoms with Gasteiger partial charge in [-0.25, -0.2) is 0 Å². The van der Waals surface area contributed by atoms with E-state index in [1.165, 1.54) is 19.3 Å². The van der Waals surface area contributed by atoms with Crippen LogP contribution in [-0.2, 0) is 0 Å². The van der Waals surface area contributed by atoms with Gasteiger partial charge in [-0.1, -0.05) is 27.7 Å². The van der Waals surface area contributed by atoms with Crippen LogP contribution in [0.5, 0.6) is 0 Å². The van der Waals surface area contributed by atoms with E-state index in [1.54, 1.807) is 0 Å². The van der Waals surface area contributed by atoms with Crippen molar-refractivity contribution >= 4 is 0 Å². The lowest BCUT2D eigenvalue weighted by Crippen LogP contribution is -2.54. The van der Waals surface area contributed by atoms with E-state index in [0.29, 0.717) is 16.2 Å². The average molecular weight is 222 g/mol. The van der Waals surface area contributed by atoms with Gasteiger partial charge in [0.25, 0.3) is 0 Å². The van der Waals surface area contributed by atoms with Crippen LogP contribution in [0, 0.1) is 28.1 Å². The molecule has 5 saturated carbocycles. The van der Waals surface area contributed by atoms with E-state index < -0.39 is 0 Å². The Labute approximate surface area is 99.6 Å². The molecule has 0 aromatic rings. The minimum Gasteiger partial charge on any atom is -0.393 e. The first-order chi connectivity index (χ1) is 7.25. The fourth-order valence-electron chi connectivity index (χ4n) is 5.77. The van der Waals surface area contributed by atoms with Gasteiger partial charge in [0, 0.05) is 0 Å². The highest BCUT2D eigenvalue weighted by atomic mass is 16.3. The minimum atomic E-state index is -0.0427. The van der Waals surface area contributed by atoms with Gasteiger partial charge in [-0.3, -0.25) is 0 Å². The summed E-state index contributed by atoms with van der Waals surface area (Å²) in [6, 6.07) is 0. The van der Waals surface area contributed by atoms with Gasteiger partial charge in [0.15, 0.2) is 0 Å². The van der Waals surface area contributed by atoms with Crippen LogP contribution in [0.4, 0.5) is 0 Å². The Morgan fingerprint density at radius 2 is 1.44 bits per heavy atom. The summed E-state index contributed by atoms with van der Waals surface area (Å²) in [6.45, 7) is 9.80. The number of fused-ring (bicyclic) bond motifs is 3. The molecule has 1 N–H and O–H groups in total. The lowest BCUT2D eigenvalue weighted by molar-refractivity contribution is -0.134. The van der Waals surface area contributed by atoms with Crippen LogP contribution in [0.1, 0.15) is 59.8 Å². The summed E-state index contributed by atoms with van der Waals surface area (Å²) < 4.78 is 0. The third kappa shape index (κ3) is 1.27. The quantitative estimate of drug-likeness (QED) is 0.664. The Hall–Kier alpha value is -0.0400. The fraction of sp³-hybridized carbons (Fsp3) is 1.00. The predicted octanol–water partition coefficient (Wildman–Crippen LogP) is 3.61. The van der Waals surface area contributed by atoms with Crippen LogP contribution in [0.15, 0.2) is 0 Å². The van der Waals surface area contributed by atoms with E-state index in [0.717, 1.165) is 24.7 Å². The third-order valence-corrected chi connectivity index (χ3v) is 6.33. The molecule has 16 heavy (non-hydrogen) atoms. The zero-order valence-electron chi connectivity index (χ0n) is 11.2. The Morgan fingerprint density at radius 1 is 0.812 bits per heavy atom. The standard InChI is InChI=1S/C15H26O/c1-13(2)5-10-6-15(4)8-11(16)7-14(10,3)9-12(13)15/h10-12,16H,5-9H2,1-4H3. The van der Waals surface area contributed by atoms with Crippen LogP contribution in [-0.4, -0.2) is 11.2 Å². The Balaban J connectivity index is 2.07. The summed E-state index contributed by atoms with van der Waals surface area (Å²) in [5, 5.41) is 10.2. The number of rotatable bonds is 0. The molecule has 5 aliphatic carbocycles. The van der Waals surface area contributed by atoms with Crippen LogP contribution >= 0.6 is 0 Å². The first kappa shape index (κ1) is 11.1. The van der Waals surface area contributed by atoms with Crippen molar-refractivity contribution in [3.05, 3.63) is 0 Å². The lowest BCUT2D eigenvalue weighted by Gasteiger charge is -2.63. The molecule has 0 heterocycles. The molecule has 0 aliphatic heterocycles. The van der Waals surface area contributed by atoms with Crippen molar-refractivity contribution in [3.63, 3.8) is 0 Å². The zero-order valence-corrected chi connectivity index (χ0v) is 11.2. The molecule has 0 spiro atoms. The van der Waals surface area contributed by atoms with Crippen LogP contribution in [0.3, 0.4) is 0 Å². The van der Waals surface area contributed by atoms with Gasteiger partial charge >= 0.3 is 0 Å². The molecule has 0 radical (unpaired) electrons. The van der Waals surface area contributed by atoms with Crippen molar-refractivity contribution in [2.75, 3.05) is 0 Å². The molecule has 5 fully saturated rings.